The fourth-order valence-electron chi connectivity index (χ4n) is 0.858. The lowest BCUT2D eigenvalue weighted by molar-refractivity contribution is 0.318. The van der Waals surface area contributed by atoms with Gasteiger partial charge in [-0.1, -0.05) is 19.0 Å². The number of amidine groups is 1. The zero-order valence-corrected chi connectivity index (χ0v) is 8.82. The molecule has 1 aromatic rings. The van der Waals surface area contributed by atoms with E-state index in [0.29, 0.717) is 16.0 Å². The van der Waals surface area contributed by atoms with Gasteiger partial charge in [0, 0.05) is 17.6 Å². The van der Waals surface area contributed by atoms with Crippen LogP contribution in [0.25, 0.3) is 0 Å². The van der Waals surface area contributed by atoms with E-state index in [-0.39, 0.29) is 5.84 Å². The van der Waals surface area contributed by atoms with Crippen molar-refractivity contribution in [3.05, 3.63) is 18.1 Å². The molecular weight excluding hydrogens is 200 g/mol. The number of nitrogens with two attached hydrogens (primary N) is 1. The van der Waals surface area contributed by atoms with E-state index in [1.54, 1.807) is 6.20 Å². The first kappa shape index (κ1) is 10.8. The Morgan fingerprint density at radius 3 is 2.71 bits per heavy atom. The van der Waals surface area contributed by atoms with Crippen molar-refractivity contribution in [3.63, 3.8) is 0 Å². The maximum absolute atomic E-state index is 8.53. The molecule has 0 saturated heterocycles. The molecule has 1 heterocycles. The van der Waals surface area contributed by atoms with E-state index in [4.69, 9.17) is 10.9 Å². The van der Waals surface area contributed by atoms with Crippen LogP contribution in [-0.4, -0.2) is 26.3 Å². The molecule has 76 valence electrons. The monoisotopic (exact) mass is 212 g/mol. The predicted octanol–water partition coefficient (Wildman–Crippen LogP) is 1.07. The summed E-state index contributed by atoms with van der Waals surface area (Å²) in [5.74, 6) is -0.0127. The first-order valence-corrected chi connectivity index (χ1v) is 4.98. The molecule has 6 heteroatoms. The number of thioether (sulfide) groups is 1. The van der Waals surface area contributed by atoms with Gasteiger partial charge in [-0.15, -0.1) is 11.8 Å². The standard InChI is InChI=1S/C8H12N4OS/c1-5(2)14-8-6(7(9)12-13)10-3-4-11-8/h3-5,13H,1-2H3,(H2,9,12). The Hall–Kier alpha value is -1.30. The molecule has 0 fully saturated rings. The Morgan fingerprint density at radius 2 is 2.14 bits per heavy atom. The van der Waals surface area contributed by atoms with E-state index in [9.17, 15) is 0 Å². The second-order valence-corrected chi connectivity index (χ2v) is 4.43. The predicted molar refractivity (Wildman–Crippen MR) is 55.5 cm³/mol. The highest BCUT2D eigenvalue weighted by Crippen LogP contribution is 2.22. The Kier molecular flexibility index (Phi) is 3.70. The molecule has 0 aliphatic carbocycles. The Morgan fingerprint density at radius 1 is 1.50 bits per heavy atom. The molecule has 0 saturated carbocycles. The van der Waals surface area contributed by atoms with E-state index < -0.39 is 0 Å². The first-order chi connectivity index (χ1) is 6.65. The summed E-state index contributed by atoms with van der Waals surface area (Å²) >= 11 is 1.52. The highest BCUT2D eigenvalue weighted by atomic mass is 32.2. The van der Waals surface area contributed by atoms with E-state index in [1.165, 1.54) is 18.0 Å². The fourth-order valence-corrected chi connectivity index (χ4v) is 1.69. The minimum absolute atomic E-state index is 0.0127. The van der Waals surface area contributed by atoms with Crippen LogP contribution in [0.5, 0.6) is 0 Å². The van der Waals surface area contributed by atoms with Gasteiger partial charge in [0.2, 0.25) is 0 Å². The summed E-state index contributed by atoms with van der Waals surface area (Å²) in [5.41, 5.74) is 5.88. The Balaban J connectivity index is 3.03. The minimum atomic E-state index is -0.0127. The normalized spacial score (nSPS) is 12.1. The second kappa shape index (κ2) is 4.80. The smallest absolute Gasteiger partial charge is 0.191 e. The Labute approximate surface area is 86.4 Å². The topological polar surface area (TPSA) is 84.4 Å². The van der Waals surface area contributed by atoms with Crippen molar-refractivity contribution in [2.75, 3.05) is 0 Å². The second-order valence-electron chi connectivity index (χ2n) is 2.86. The van der Waals surface area contributed by atoms with E-state index in [2.05, 4.69) is 15.1 Å². The third-order valence-corrected chi connectivity index (χ3v) is 2.36. The Bertz CT molecular complexity index is 340. The minimum Gasteiger partial charge on any atom is -0.409 e. The lowest BCUT2D eigenvalue weighted by Crippen LogP contribution is -2.17. The number of hydrogen-bond acceptors (Lipinski definition) is 5. The lowest BCUT2D eigenvalue weighted by Gasteiger charge is -2.06. The van der Waals surface area contributed by atoms with Crippen LogP contribution in [0.15, 0.2) is 22.6 Å². The van der Waals surface area contributed by atoms with Crippen LogP contribution in [0, 0.1) is 0 Å². The van der Waals surface area contributed by atoms with Gasteiger partial charge in [-0.25, -0.2) is 9.97 Å². The molecule has 0 aliphatic heterocycles. The maximum atomic E-state index is 8.53. The van der Waals surface area contributed by atoms with Crippen molar-refractivity contribution >= 4 is 17.6 Å². The molecule has 3 N–H and O–H groups in total. The zero-order chi connectivity index (χ0) is 10.6. The van der Waals surface area contributed by atoms with Gasteiger partial charge in [0.05, 0.1) is 0 Å². The van der Waals surface area contributed by atoms with Crippen LogP contribution < -0.4 is 5.73 Å². The van der Waals surface area contributed by atoms with Crippen LogP contribution in [0.4, 0.5) is 0 Å². The van der Waals surface area contributed by atoms with Gasteiger partial charge in [-0.2, -0.15) is 0 Å². The number of hydrogen-bond donors (Lipinski definition) is 2. The van der Waals surface area contributed by atoms with Gasteiger partial charge < -0.3 is 10.9 Å². The number of aromatic nitrogens is 2. The first-order valence-electron chi connectivity index (χ1n) is 4.10. The van der Waals surface area contributed by atoms with Gasteiger partial charge in [0.15, 0.2) is 5.84 Å². The molecule has 0 aromatic carbocycles. The molecule has 14 heavy (non-hydrogen) atoms. The van der Waals surface area contributed by atoms with Crippen molar-refractivity contribution in [3.8, 4) is 0 Å². The average molecular weight is 212 g/mol. The van der Waals surface area contributed by atoms with Gasteiger partial charge >= 0.3 is 0 Å². The summed E-state index contributed by atoms with van der Waals surface area (Å²) in [6, 6.07) is 0. The van der Waals surface area contributed by atoms with E-state index >= 15 is 0 Å². The quantitative estimate of drug-likeness (QED) is 0.257. The highest BCUT2D eigenvalue weighted by molar-refractivity contribution is 7.99. The van der Waals surface area contributed by atoms with Crippen LogP contribution in [0.2, 0.25) is 0 Å². The van der Waals surface area contributed by atoms with Crippen molar-refractivity contribution in [2.24, 2.45) is 10.9 Å². The molecule has 0 bridgehead atoms. The summed E-state index contributed by atoms with van der Waals surface area (Å²) in [7, 11) is 0. The van der Waals surface area contributed by atoms with Crippen LogP contribution in [0.3, 0.4) is 0 Å². The van der Waals surface area contributed by atoms with Gasteiger partial charge in [0.25, 0.3) is 0 Å². The number of nitrogens with zero attached hydrogens (tertiary/aromatic N) is 3. The lowest BCUT2D eigenvalue weighted by atomic mass is 10.4. The molecule has 0 unspecified atom stereocenters. The largest absolute Gasteiger partial charge is 0.409 e. The number of oxime groups is 1. The third-order valence-electron chi connectivity index (χ3n) is 1.36. The molecule has 0 aliphatic rings. The zero-order valence-electron chi connectivity index (χ0n) is 8.01. The molecule has 5 nitrogen and oxygen atoms in total. The van der Waals surface area contributed by atoms with Crippen molar-refractivity contribution in [1.29, 1.82) is 0 Å². The highest BCUT2D eigenvalue weighted by Gasteiger charge is 2.11. The molecular formula is C8H12N4OS. The van der Waals surface area contributed by atoms with Gasteiger partial charge in [0.1, 0.15) is 10.7 Å². The molecule has 0 atom stereocenters. The molecule has 1 aromatic heterocycles. The van der Waals surface area contributed by atoms with Crippen molar-refractivity contribution < 1.29 is 5.21 Å². The van der Waals surface area contributed by atoms with E-state index in [1.807, 2.05) is 13.8 Å². The van der Waals surface area contributed by atoms with Gasteiger partial charge in [-0.05, 0) is 0 Å². The van der Waals surface area contributed by atoms with Crippen LogP contribution in [-0.2, 0) is 0 Å². The third kappa shape index (κ3) is 2.59. The van der Waals surface area contributed by atoms with E-state index in [0.717, 1.165) is 0 Å². The maximum Gasteiger partial charge on any atom is 0.191 e. The summed E-state index contributed by atoms with van der Waals surface area (Å²) in [5, 5.41) is 12.5. The molecule has 0 spiro atoms. The number of rotatable bonds is 3. The van der Waals surface area contributed by atoms with Gasteiger partial charge in [-0.3, -0.25) is 0 Å². The van der Waals surface area contributed by atoms with Crippen molar-refractivity contribution in [1.82, 2.24) is 9.97 Å². The average Bonchev–Trinajstić information content (AvgIpc) is 2.16. The van der Waals surface area contributed by atoms with Crippen LogP contribution >= 0.6 is 11.8 Å². The summed E-state index contributed by atoms with van der Waals surface area (Å²) in [4.78, 5) is 8.12. The van der Waals surface area contributed by atoms with Crippen molar-refractivity contribution in [2.45, 2.75) is 24.1 Å². The summed E-state index contributed by atoms with van der Waals surface area (Å²) < 4.78 is 0. The SMILES string of the molecule is CC(C)Sc1nccnc1/C(N)=N/O. The molecule has 0 amide bonds. The molecule has 0 radical (unpaired) electrons. The fraction of sp³-hybridized carbons (Fsp3) is 0.375. The van der Waals surface area contributed by atoms with Crippen LogP contribution in [0.1, 0.15) is 19.5 Å². The summed E-state index contributed by atoms with van der Waals surface area (Å²) in [6.45, 7) is 4.07. The molecule has 1 rings (SSSR count). The summed E-state index contributed by atoms with van der Waals surface area (Å²) in [6.07, 6.45) is 3.09.